The number of aromatic nitrogens is 3. The van der Waals surface area contributed by atoms with Gasteiger partial charge in [-0.25, -0.2) is 4.98 Å². The molecule has 0 spiro atoms. The molecular weight excluding hydrogens is 316 g/mol. The number of hydrogen-bond acceptors (Lipinski definition) is 5. The Hall–Kier alpha value is -2.86. The van der Waals surface area contributed by atoms with Crippen molar-refractivity contribution in [1.29, 1.82) is 0 Å². The maximum atomic E-state index is 6.30. The number of benzene rings is 2. The van der Waals surface area contributed by atoms with E-state index in [0.717, 1.165) is 11.1 Å². The van der Waals surface area contributed by atoms with Crippen molar-refractivity contribution in [2.24, 2.45) is 5.73 Å². The summed E-state index contributed by atoms with van der Waals surface area (Å²) in [5, 5.41) is 7.23. The summed E-state index contributed by atoms with van der Waals surface area (Å²) in [6.07, 6.45) is 0. The monoisotopic (exact) mass is 338 g/mol. The zero-order chi connectivity index (χ0) is 17.8. The van der Waals surface area contributed by atoms with E-state index in [1.54, 1.807) is 7.11 Å². The van der Waals surface area contributed by atoms with Crippen LogP contribution in [0.3, 0.4) is 0 Å². The number of aryl methyl sites for hydroxylation is 1. The van der Waals surface area contributed by atoms with E-state index < -0.39 is 0 Å². The van der Waals surface area contributed by atoms with Gasteiger partial charge in [0.25, 0.3) is 0 Å². The van der Waals surface area contributed by atoms with Crippen LogP contribution in [0.1, 0.15) is 29.9 Å². The summed E-state index contributed by atoms with van der Waals surface area (Å²) in [7, 11) is 1.61. The van der Waals surface area contributed by atoms with E-state index in [4.69, 9.17) is 15.2 Å². The van der Waals surface area contributed by atoms with Gasteiger partial charge in [0.1, 0.15) is 5.82 Å². The molecule has 0 radical (unpaired) electrons. The standard InChI is InChI=1S/C19H22N4O2/c1-4-25-15-10-9-14(11-16(15)24-3)18-21-19(23-22-18)17(20)13-7-5-12(2)6-8-13/h5-11,17H,4,20H2,1-3H3,(H,21,22,23)/t17-/m0/s1. The zero-order valence-electron chi connectivity index (χ0n) is 14.6. The van der Waals surface area contributed by atoms with Crippen LogP contribution in [-0.2, 0) is 0 Å². The molecule has 0 amide bonds. The van der Waals surface area contributed by atoms with Crippen molar-refractivity contribution in [2.45, 2.75) is 19.9 Å². The third-order valence-corrected chi connectivity index (χ3v) is 3.96. The quantitative estimate of drug-likeness (QED) is 0.720. The Kier molecular flexibility index (Phi) is 5.00. The average molecular weight is 338 g/mol. The minimum absolute atomic E-state index is 0.355. The first-order valence-corrected chi connectivity index (χ1v) is 8.18. The molecule has 2 aromatic carbocycles. The third-order valence-electron chi connectivity index (χ3n) is 3.96. The Morgan fingerprint density at radius 3 is 2.56 bits per heavy atom. The fourth-order valence-electron chi connectivity index (χ4n) is 2.56. The van der Waals surface area contributed by atoms with Crippen molar-refractivity contribution in [1.82, 2.24) is 15.2 Å². The molecule has 3 aromatic rings. The first-order valence-electron chi connectivity index (χ1n) is 8.18. The van der Waals surface area contributed by atoms with Crippen molar-refractivity contribution in [3.63, 3.8) is 0 Å². The van der Waals surface area contributed by atoms with Crippen molar-refractivity contribution < 1.29 is 9.47 Å². The molecule has 0 saturated carbocycles. The highest BCUT2D eigenvalue weighted by Crippen LogP contribution is 2.31. The van der Waals surface area contributed by atoms with Crippen LogP contribution in [0.25, 0.3) is 11.4 Å². The molecule has 0 aliphatic heterocycles. The first-order chi connectivity index (χ1) is 12.1. The number of rotatable bonds is 6. The molecule has 25 heavy (non-hydrogen) atoms. The van der Waals surface area contributed by atoms with Gasteiger partial charge in [-0.2, -0.15) is 5.10 Å². The van der Waals surface area contributed by atoms with Crippen LogP contribution in [0, 0.1) is 6.92 Å². The van der Waals surface area contributed by atoms with Crippen LogP contribution in [0.5, 0.6) is 11.5 Å². The zero-order valence-corrected chi connectivity index (χ0v) is 14.6. The van der Waals surface area contributed by atoms with Crippen LogP contribution >= 0.6 is 0 Å². The highest BCUT2D eigenvalue weighted by molar-refractivity contribution is 5.61. The van der Waals surface area contributed by atoms with Gasteiger partial charge in [-0.05, 0) is 37.6 Å². The van der Waals surface area contributed by atoms with E-state index >= 15 is 0 Å². The topological polar surface area (TPSA) is 86.0 Å². The highest BCUT2D eigenvalue weighted by Gasteiger charge is 2.16. The molecular formula is C19H22N4O2. The SMILES string of the molecule is CCOc1ccc(-c2n[nH]c([C@@H](N)c3ccc(C)cc3)n2)cc1OC. The number of H-pyrrole nitrogens is 1. The van der Waals surface area contributed by atoms with Gasteiger partial charge in [-0.3, -0.25) is 5.10 Å². The van der Waals surface area contributed by atoms with Crippen LogP contribution in [0.2, 0.25) is 0 Å². The molecule has 1 atom stereocenters. The van der Waals surface area contributed by atoms with Crippen LogP contribution in [-0.4, -0.2) is 28.9 Å². The van der Waals surface area contributed by atoms with E-state index in [1.807, 2.05) is 56.3 Å². The van der Waals surface area contributed by atoms with Gasteiger partial charge in [0.2, 0.25) is 0 Å². The summed E-state index contributed by atoms with van der Waals surface area (Å²) in [6.45, 7) is 4.55. The summed E-state index contributed by atoms with van der Waals surface area (Å²) in [5.74, 6) is 2.53. The molecule has 6 nitrogen and oxygen atoms in total. The Morgan fingerprint density at radius 1 is 1.12 bits per heavy atom. The maximum absolute atomic E-state index is 6.30. The highest BCUT2D eigenvalue weighted by atomic mass is 16.5. The predicted octanol–water partition coefficient (Wildman–Crippen LogP) is 3.24. The molecule has 0 saturated heterocycles. The number of nitrogens with one attached hydrogen (secondary N) is 1. The Labute approximate surface area is 147 Å². The summed E-state index contributed by atoms with van der Waals surface area (Å²) < 4.78 is 10.9. The number of aromatic amines is 1. The van der Waals surface area contributed by atoms with Gasteiger partial charge in [0, 0.05) is 5.56 Å². The summed E-state index contributed by atoms with van der Waals surface area (Å²) >= 11 is 0. The Balaban J connectivity index is 1.87. The fraction of sp³-hybridized carbons (Fsp3) is 0.263. The second-order valence-electron chi connectivity index (χ2n) is 5.73. The fourth-order valence-corrected chi connectivity index (χ4v) is 2.56. The van der Waals surface area contributed by atoms with Crippen molar-refractivity contribution in [2.75, 3.05) is 13.7 Å². The van der Waals surface area contributed by atoms with Crippen LogP contribution in [0.4, 0.5) is 0 Å². The molecule has 6 heteroatoms. The Morgan fingerprint density at radius 2 is 1.88 bits per heavy atom. The lowest BCUT2D eigenvalue weighted by Crippen LogP contribution is -2.13. The van der Waals surface area contributed by atoms with Crippen LogP contribution < -0.4 is 15.2 Å². The second-order valence-corrected chi connectivity index (χ2v) is 5.73. The van der Waals surface area contributed by atoms with E-state index in [0.29, 0.717) is 29.8 Å². The molecule has 0 fully saturated rings. The summed E-state index contributed by atoms with van der Waals surface area (Å²) in [6, 6.07) is 13.3. The first kappa shape index (κ1) is 17.0. The lowest BCUT2D eigenvalue weighted by molar-refractivity contribution is 0.311. The minimum Gasteiger partial charge on any atom is -0.493 e. The lowest BCUT2D eigenvalue weighted by atomic mass is 10.1. The largest absolute Gasteiger partial charge is 0.493 e. The lowest BCUT2D eigenvalue weighted by Gasteiger charge is -2.10. The molecule has 3 N–H and O–H groups in total. The number of hydrogen-bond donors (Lipinski definition) is 2. The number of nitrogens with two attached hydrogens (primary N) is 1. The third kappa shape index (κ3) is 3.64. The predicted molar refractivity (Wildman–Crippen MR) is 96.7 cm³/mol. The molecule has 0 unspecified atom stereocenters. The van der Waals surface area contributed by atoms with Crippen molar-refractivity contribution in [3.8, 4) is 22.9 Å². The normalized spacial score (nSPS) is 12.0. The Bertz CT molecular complexity index is 843. The van der Waals surface area contributed by atoms with E-state index in [1.165, 1.54) is 5.56 Å². The molecule has 0 aliphatic carbocycles. The number of ether oxygens (including phenoxy) is 2. The average Bonchev–Trinajstić information content (AvgIpc) is 3.12. The maximum Gasteiger partial charge on any atom is 0.181 e. The van der Waals surface area contributed by atoms with Gasteiger partial charge in [0.15, 0.2) is 17.3 Å². The van der Waals surface area contributed by atoms with E-state index in [2.05, 4.69) is 15.2 Å². The molecule has 0 aliphatic rings. The van der Waals surface area contributed by atoms with Gasteiger partial charge < -0.3 is 15.2 Å². The van der Waals surface area contributed by atoms with Gasteiger partial charge in [-0.1, -0.05) is 29.8 Å². The van der Waals surface area contributed by atoms with Crippen molar-refractivity contribution in [3.05, 3.63) is 59.4 Å². The summed E-state index contributed by atoms with van der Waals surface area (Å²) in [5.41, 5.74) is 9.31. The van der Waals surface area contributed by atoms with Crippen molar-refractivity contribution >= 4 is 0 Å². The van der Waals surface area contributed by atoms with E-state index in [-0.39, 0.29) is 6.04 Å². The molecule has 0 bridgehead atoms. The summed E-state index contributed by atoms with van der Waals surface area (Å²) in [4.78, 5) is 4.54. The van der Waals surface area contributed by atoms with Gasteiger partial charge >= 0.3 is 0 Å². The molecule has 3 rings (SSSR count). The smallest absolute Gasteiger partial charge is 0.181 e. The minimum atomic E-state index is -0.355. The van der Waals surface area contributed by atoms with Crippen LogP contribution in [0.15, 0.2) is 42.5 Å². The van der Waals surface area contributed by atoms with Gasteiger partial charge in [0.05, 0.1) is 19.8 Å². The molecule has 130 valence electrons. The number of nitrogens with zero attached hydrogens (tertiary/aromatic N) is 2. The molecule has 1 heterocycles. The second kappa shape index (κ2) is 7.36. The molecule has 1 aromatic heterocycles. The van der Waals surface area contributed by atoms with Gasteiger partial charge in [-0.15, -0.1) is 0 Å². The number of methoxy groups -OCH3 is 1. The van der Waals surface area contributed by atoms with E-state index in [9.17, 15) is 0 Å².